The first-order valence-electron chi connectivity index (χ1n) is 8.63. The van der Waals surface area contributed by atoms with Crippen LogP contribution in [0, 0.1) is 0 Å². The number of ether oxygens (including phenoxy) is 1. The summed E-state index contributed by atoms with van der Waals surface area (Å²) < 4.78 is 124. The van der Waals surface area contributed by atoms with Crippen molar-refractivity contribution in [3.8, 4) is 5.75 Å². The number of rotatable bonds is 5. The van der Waals surface area contributed by atoms with E-state index in [1.807, 2.05) is 0 Å². The number of carbonyl (C=O) groups excluding carboxylic acids is 1. The fourth-order valence-corrected chi connectivity index (χ4v) is 3.28. The first kappa shape index (κ1) is 25.4. The Labute approximate surface area is 174 Å². The molecule has 0 aromatic heterocycles. The molecule has 1 heterocycles. The predicted octanol–water partition coefficient (Wildman–Crippen LogP) is 4.89. The van der Waals surface area contributed by atoms with E-state index in [4.69, 9.17) is 11.6 Å². The smallest absolute Gasteiger partial charge is 0.440 e. The summed E-state index contributed by atoms with van der Waals surface area (Å²) in [5.74, 6) is -2.17. The van der Waals surface area contributed by atoms with Crippen molar-refractivity contribution in [2.45, 2.75) is 55.5 Å². The van der Waals surface area contributed by atoms with E-state index in [1.54, 1.807) is 5.32 Å². The number of amides is 1. The van der Waals surface area contributed by atoms with Crippen molar-refractivity contribution in [3.05, 3.63) is 29.3 Å². The fraction of sp³-hybridized carbons (Fsp3) is 0.588. The van der Waals surface area contributed by atoms with Gasteiger partial charge in [-0.05, 0) is 31.0 Å². The Kier molecular flexibility index (Phi) is 7.01. The summed E-state index contributed by atoms with van der Waals surface area (Å²) in [6, 6.07) is -1.76. The molecule has 4 nitrogen and oxygen atoms in total. The lowest BCUT2D eigenvalue weighted by Gasteiger charge is -2.47. The van der Waals surface area contributed by atoms with E-state index in [1.165, 1.54) is 0 Å². The Morgan fingerprint density at radius 1 is 1.06 bits per heavy atom. The molecule has 14 heteroatoms. The van der Waals surface area contributed by atoms with Crippen LogP contribution >= 0.6 is 11.6 Å². The van der Waals surface area contributed by atoms with Crippen LogP contribution in [0.5, 0.6) is 5.75 Å². The lowest BCUT2D eigenvalue weighted by molar-refractivity contribution is -0.386. The number of hydrogen-bond donors (Lipinski definition) is 2. The molecule has 0 bridgehead atoms. The maximum atomic E-state index is 13.6. The van der Waals surface area contributed by atoms with Gasteiger partial charge in [0.2, 0.25) is 5.91 Å². The summed E-state index contributed by atoms with van der Waals surface area (Å²) in [4.78, 5) is 12.0. The summed E-state index contributed by atoms with van der Waals surface area (Å²) in [7, 11) is 0. The molecular formula is C17H15ClF9NO3. The van der Waals surface area contributed by atoms with Gasteiger partial charge in [-0.2, -0.15) is 39.5 Å². The van der Waals surface area contributed by atoms with Crippen LogP contribution in [0.15, 0.2) is 18.2 Å². The van der Waals surface area contributed by atoms with Crippen LogP contribution < -0.4 is 10.1 Å². The van der Waals surface area contributed by atoms with Crippen LogP contribution in [-0.4, -0.2) is 41.0 Å². The maximum Gasteiger partial charge on any atom is 0.440 e. The van der Waals surface area contributed by atoms with Crippen LogP contribution in [0.2, 0.25) is 0 Å². The predicted molar refractivity (Wildman–Crippen MR) is 88.4 cm³/mol. The second-order valence-electron chi connectivity index (χ2n) is 6.72. The van der Waals surface area contributed by atoms with Gasteiger partial charge >= 0.3 is 24.1 Å². The Balaban J connectivity index is 2.62. The molecule has 176 valence electrons. The molecule has 0 saturated heterocycles. The molecule has 2 rings (SSSR count). The largest absolute Gasteiger partial charge is 0.466 e. The lowest BCUT2D eigenvalue weighted by atomic mass is 9.82. The molecule has 1 aliphatic heterocycles. The average Bonchev–Trinajstić information content (AvgIpc) is 2.60. The third kappa shape index (κ3) is 4.81. The Hall–Kier alpha value is -1.89. The molecule has 31 heavy (non-hydrogen) atoms. The second kappa shape index (κ2) is 8.57. The Bertz CT molecular complexity index is 794. The normalized spacial score (nSPS) is 21.3. The van der Waals surface area contributed by atoms with Crippen molar-refractivity contribution in [2.24, 2.45) is 0 Å². The van der Waals surface area contributed by atoms with Crippen LogP contribution in [0.1, 0.15) is 36.4 Å². The van der Waals surface area contributed by atoms with Gasteiger partial charge in [0.15, 0.2) is 0 Å². The number of carbonyl (C=O) groups is 1. The van der Waals surface area contributed by atoms with Crippen molar-refractivity contribution < 1.29 is 54.2 Å². The van der Waals surface area contributed by atoms with Crippen molar-refractivity contribution in [1.82, 2.24) is 5.32 Å². The van der Waals surface area contributed by atoms with E-state index in [0.29, 0.717) is 0 Å². The molecule has 0 spiro atoms. The first-order valence-corrected chi connectivity index (χ1v) is 9.16. The Morgan fingerprint density at radius 2 is 1.65 bits per heavy atom. The van der Waals surface area contributed by atoms with E-state index in [0.717, 1.165) is 0 Å². The Morgan fingerprint density at radius 3 is 2.13 bits per heavy atom. The van der Waals surface area contributed by atoms with Gasteiger partial charge in [-0.15, -0.1) is 11.6 Å². The third-order valence-electron chi connectivity index (χ3n) is 4.62. The lowest BCUT2D eigenvalue weighted by Crippen LogP contribution is -2.71. The monoisotopic (exact) mass is 487 g/mol. The van der Waals surface area contributed by atoms with Crippen molar-refractivity contribution in [3.63, 3.8) is 0 Å². The van der Waals surface area contributed by atoms with Crippen molar-refractivity contribution in [1.29, 1.82) is 0 Å². The minimum Gasteiger partial charge on any atom is -0.466 e. The van der Waals surface area contributed by atoms with Gasteiger partial charge in [-0.25, -0.2) is 0 Å². The van der Waals surface area contributed by atoms with Crippen LogP contribution in [0.25, 0.3) is 0 Å². The van der Waals surface area contributed by atoms with E-state index in [9.17, 15) is 49.4 Å². The third-order valence-corrected chi connectivity index (χ3v) is 4.89. The number of hydrogen-bond acceptors (Lipinski definition) is 3. The molecule has 0 aliphatic carbocycles. The van der Waals surface area contributed by atoms with Crippen molar-refractivity contribution >= 4 is 17.5 Å². The van der Waals surface area contributed by atoms with Crippen molar-refractivity contribution in [2.75, 3.05) is 5.88 Å². The number of alkyl halides is 10. The summed E-state index contributed by atoms with van der Waals surface area (Å²) in [6.07, 6.45) is -21.0. The number of aliphatic hydroxyl groups excluding tert-OH is 1. The standard InChI is InChI=1S/C17H15ClF9NO3/c18-6-2-1-3-11(29)28-12-9-7-8(15(19,20)21)4-5-10(9)31-14(13(12)30,16(22,23)24)17(25,26)27/h4-5,7,12-13,30H,1-3,6H2,(H,28,29)/t12-,13+/m1/s1. The minimum atomic E-state index is -6.23. The number of unbranched alkanes of at least 4 members (excludes halogenated alkanes) is 1. The minimum absolute atomic E-state index is 0.105. The topological polar surface area (TPSA) is 58.6 Å². The van der Waals surface area contributed by atoms with Gasteiger partial charge in [0.1, 0.15) is 11.9 Å². The number of fused-ring (bicyclic) bond motifs is 1. The highest BCUT2D eigenvalue weighted by molar-refractivity contribution is 6.17. The molecule has 1 aromatic carbocycles. The summed E-state index contributed by atoms with van der Waals surface area (Å²) in [5, 5.41) is 11.9. The quantitative estimate of drug-likeness (QED) is 0.353. The molecular weight excluding hydrogens is 473 g/mol. The molecule has 0 unspecified atom stereocenters. The zero-order valence-corrected chi connectivity index (χ0v) is 16.0. The molecule has 2 N–H and O–H groups in total. The number of nitrogens with one attached hydrogen (secondary N) is 1. The highest BCUT2D eigenvalue weighted by Crippen LogP contribution is 2.55. The molecule has 1 amide bonds. The SMILES string of the molecule is O=C(CCCCCl)N[C@@H]1c2cc(C(F)(F)F)ccc2OC(C(F)(F)F)(C(F)(F)F)[C@H]1O. The van der Waals surface area contributed by atoms with E-state index < -0.39 is 65.5 Å². The van der Waals surface area contributed by atoms with Crippen LogP contribution in [-0.2, 0) is 11.0 Å². The highest BCUT2D eigenvalue weighted by atomic mass is 35.5. The maximum absolute atomic E-state index is 13.6. The second-order valence-corrected chi connectivity index (χ2v) is 7.10. The zero-order chi connectivity index (χ0) is 23.8. The van der Waals surface area contributed by atoms with Gasteiger partial charge in [0.25, 0.3) is 0 Å². The van der Waals surface area contributed by atoms with Gasteiger partial charge in [0.05, 0.1) is 11.6 Å². The molecule has 0 fully saturated rings. The highest BCUT2D eigenvalue weighted by Gasteiger charge is 2.79. The summed E-state index contributed by atoms with van der Waals surface area (Å²) in [5.41, 5.74) is -7.48. The van der Waals surface area contributed by atoms with Crippen LogP contribution in [0.3, 0.4) is 0 Å². The van der Waals surface area contributed by atoms with Crippen LogP contribution in [0.4, 0.5) is 39.5 Å². The number of halogens is 10. The molecule has 0 radical (unpaired) electrons. The first-order chi connectivity index (χ1) is 14.1. The van der Waals surface area contributed by atoms with Gasteiger partial charge in [0, 0.05) is 17.9 Å². The molecule has 2 atom stereocenters. The average molecular weight is 488 g/mol. The summed E-state index contributed by atoms with van der Waals surface area (Å²) >= 11 is 5.42. The number of aliphatic hydroxyl groups is 1. The van der Waals surface area contributed by atoms with E-state index >= 15 is 0 Å². The number of benzene rings is 1. The molecule has 1 aliphatic rings. The fourth-order valence-electron chi connectivity index (χ4n) is 3.09. The zero-order valence-electron chi connectivity index (χ0n) is 15.3. The van der Waals surface area contributed by atoms with E-state index in [2.05, 4.69) is 4.74 Å². The van der Waals surface area contributed by atoms with E-state index in [-0.39, 0.29) is 36.9 Å². The van der Waals surface area contributed by atoms with Gasteiger partial charge in [-0.1, -0.05) is 0 Å². The summed E-state index contributed by atoms with van der Waals surface area (Å²) in [6.45, 7) is 0. The molecule has 0 saturated carbocycles. The van der Waals surface area contributed by atoms with Gasteiger partial charge < -0.3 is 15.2 Å². The molecule has 1 aromatic rings. The van der Waals surface area contributed by atoms with Gasteiger partial charge in [-0.3, -0.25) is 4.79 Å².